The second-order valence-electron chi connectivity index (χ2n) is 16.0. The second-order valence-corrected chi connectivity index (χ2v) is 16.0. The molecule has 1 aromatic carbocycles. The summed E-state index contributed by atoms with van der Waals surface area (Å²) < 4.78 is 41.7. The quantitative estimate of drug-likeness (QED) is 0.258. The molecule has 0 spiro atoms. The Morgan fingerprint density at radius 2 is 1.88 bits per heavy atom. The summed E-state index contributed by atoms with van der Waals surface area (Å²) in [6.07, 6.45) is 6.15. The lowest BCUT2D eigenvalue weighted by atomic mass is 9.94. The monoisotopic (exact) mass is 685 g/mol. The first-order chi connectivity index (χ1) is 23.9. The number of methoxy groups -OCH3 is 1. The van der Waals surface area contributed by atoms with Gasteiger partial charge in [0.25, 0.3) is 11.8 Å². The molecular weight excluding hydrogens is 640 g/mol. The zero-order valence-electron chi connectivity index (χ0n) is 28.9. The van der Waals surface area contributed by atoms with Crippen LogP contribution in [0.3, 0.4) is 0 Å². The van der Waals surface area contributed by atoms with Gasteiger partial charge in [0.2, 0.25) is 5.91 Å². The van der Waals surface area contributed by atoms with Crippen LogP contribution < -0.4 is 15.8 Å². The number of hydrogen-bond donors (Lipinski definition) is 2. The van der Waals surface area contributed by atoms with Crippen LogP contribution in [-0.2, 0) is 11.3 Å². The molecule has 264 valence electrons. The lowest BCUT2D eigenvalue weighted by molar-refractivity contribution is -0.127. The van der Waals surface area contributed by atoms with Crippen LogP contribution in [0, 0.1) is 17.3 Å². The van der Waals surface area contributed by atoms with Crippen molar-refractivity contribution in [2.24, 2.45) is 23.0 Å². The third-order valence-corrected chi connectivity index (χ3v) is 12.5. The average molecular weight is 686 g/mol. The second kappa shape index (κ2) is 11.2. The van der Waals surface area contributed by atoms with E-state index in [1.54, 1.807) is 17.7 Å². The highest BCUT2D eigenvalue weighted by Gasteiger charge is 2.55. The zero-order chi connectivity index (χ0) is 34.7. The van der Waals surface area contributed by atoms with Crippen molar-refractivity contribution in [2.75, 3.05) is 13.7 Å². The van der Waals surface area contributed by atoms with E-state index < -0.39 is 17.9 Å². The summed E-state index contributed by atoms with van der Waals surface area (Å²) in [5, 5.41) is 3.86. The van der Waals surface area contributed by atoms with Gasteiger partial charge in [-0.3, -0.25) is 9.59 Å². The summed E-state index contributed by atoms with van der Waals surface area (Å²) in [5.74, 6) is -1.48. The number of piperidine rings is 1. The van der Waals surface area contributed by atoms with Gasteiger partial charge < -0.3 is 29.8 Å². The van der Waals surface area contributed by atoms with E-state index in [1.807, 2.05) is 43.0 Å². The number of carbonyl (C=O) groups is 2. The SMILES string of the molecule is COc1cc(C(=O)N2C[C@H](N)[C@@H]3CC[C@H]2C3)cc2nc(-c3cc4ccc5nc4n3CC(F)(F)CCC[C@@H]3C[C@@]3(C)C(=O)N[C@@H]5C)n(C3CC3)c12. The molecule has 3 N–H and O–H groups in total. The molecule has 5 heterocycles. The molecule has 4 aromatic rings. The number of rotatable bonds is 4. The lowest BCUT2D eigenvalue weighted by Crippen LogP contribution is -2.51. The van der Waals surface area contributed by atoms with E-state index in [0.29, 0.717) is 76.8 Å². The topological polar surface area (TPSA) is 120 Å². The van der Waals surface area contributed by atoms with Gasteiger partial charge in [-0.05, 0) is 100 Å². The summed E-state index contributed by atoms with van der Waals surface area (Å²) in [4.78, 5) is 39.2. The van der Waals surface area contributed by atoms with E-state index in [1.165, 1.54) is 0 Å². The average Bonchev–Trinajstić information content (AvgIpc) is 3.90. The summed E-state index contributed by atoms with van der Waals surface area (Å²) in [6.45, 7) is 3.81. The number of halogens is 2. The van der Waals surface area contributed by atoms with Crippen molar-refractivity contribution in [3.05, 3.63) is 41.6 Å². The third-order valence-electron chi connectivity index (χ3n) is 12.5. The molecule has 12 heteroatoms. The van der Waals surface area contributed by atoms with E-state index in [4.69, 9.17) is 20.4 Å². The molecular formula is C38H45F2N7O3. The molecule has 3 aromatic heterocycles. The molecule has 3 saturated carbocycles. The first kappa shape index (κ1) is 31.9. The molecule has 3 aliphatic carbocycles. The Balaban J connectivity index is 1.17. The lowest BCUT2D eigenvalue weighted by Gasteiger charge is -2.37. The van der Waals surface area contributed by atoms with Gasteiger partial charge in [-0.25, -0.2) is 18.7 Å². The molecule has 4 bridgehead atoms. The van der Waals surface area contributed by atoms with Crippen LogP contribution in [0.1, 0.15) is 99.8 Å². The summed E-state index contributed by atoms with van der Waals surface area (Å²) >= 11 is 0. The van der Waals surface area contributed by atoms with Crippen LogP contribution in [0.15, 0.2) is 30.3 Å². The van der Waals surface area contributed by atoms with Gasteiger partial charge in [-0.2, -0.15) is 0 Å². The van der Waals surface area contributed by atoms with Crippen molar-refractivity contribution in [1.82, 2.24) is 29.3 Å². The minimum absolute atomic E-state index is 0.0332. The number of likely N-dealkylation sites (tertiary alicyclic amines) is 1. The summed E-state index contributed by atoms with van der Waals surface area (Å²) in [5.41, 5.74) is 9.36. The van der Waals surface area contributed by atoms with Crippen LogP contribution in [0.25, 0.3) is 33.6 Å². The fourth-order valence-corrected chi connectivity index (χ4v) is 9.18. The summed E-state index contributed by atoms with van der Waals surface area (Å²) in [7, 11) is 1.59. The van der Waals surface area contributed by atoms with Crippen LogP contribution in [0.5, 0.6) is 5.75 Å². The van der Waals surface area contributed by atoms with Crippen molar-refractivity contribution in [3.63, 3.8) is 0 Å². The van der Waals surface area contributed by atoms with Crippen molar-refractivity contribution in [1.29, 1.82) is 0 Å². The Kier molecular flexibility index (Phi) is 7.16. The Labute approximate surface area is 289 Å². The van der Waals surface area contributed by atoms with Crippen molar-refractivity contribution in [3.8, 4) is 17.3 Å². The predicted molar refractivity (Wildman–Crippen MR) is 185 cm³/mol. The van der Waals surface area contributed by atoms with Crippen LogP contribution in [0.2, 0.25) is 0 Å². The minimum Gasteiger partial charge on any atom is -0.494 e. The number of aromatic nitrogens is 4. The number of benzene rings is 1. The number of carbonyl (C=O) groups excluding carboxylic acids is 2. The number of ether oxygens (including phenoxy) is 1. The van der Waals surface area contributed by atoms with Gasteiger partial charge in [0, 0.05) is 47.5 Å². The molecule has 0 unspecified atom stereocenters. The van der Waals surface area contributed by atoms with Crippen LogP contribution in [0.4, 0.5) is 8.78 Å². The number of nitrogens with one attached hydrogen (secondary N) is 1. The summed E-state index contributed by atoms with van der Waals surface area (Å²) in [6, 6.07) is 9.15. The number of nitrogens with two attached hydrogens (primary N) is 1. The van der Waals surface area contributed by atoms with Gasteiger partial charge in [0.05, 0.1) is 36.6 Å². The normalized spacial score (nSPS) is 30.7. The maximum atomic E-state index is 16.0. The molecule has 0 radical (unpaired) electrons. The zero-order valence-corrected chi connectivity index (χ0v) is 28.9. The molecule has 5 aliphatic rings. The largest absolute Gasteiger partial charge is 0.494 e. The number of amides is 2. The predicted octanol–water partition coefficient (Wildman–Crippen LogP) is 6.37. The maximum Gasteiger partial charge on any atom is 0.265 e. The molecule has 9 rings (SSSR count). The molecule has 10 nitrogen and oxygen atoms in total. The molecule has 2 aliphatic heterocycles. The fourth-order valence-electron chi connectivity index (χ4n) is 9.18. The number of hydrogen-bond acceptors (Lipinski definition) is 6. The molecule has 50 heavy (non-hydrogen) atoms. The van der Waals surface area contributed by atoms with Crippen molar-refractivity contribution >= 4 is 33.9 Å². The van der Waals surface area contributed by atoms with Gasteiger partial charge >= 0.3 is 0 Å². The number of nitrogens with zero attached hydrogens (tertiary/aromatic N) is 5. The highest BCUT2D eigenvalue weighted by atomic mass is 19.3. The van der Waals surface area contributed by atoms with E-state index in [0.717, 1.165) is 37.6 Å². The van der Waals surface area contributed by atoms with Crippen molar-refractivity contribution < 1.29 is 23.1 Å². The van der Waals surface area contributed by atoms with E-state index >= 15 is 8.78 Å². The van der Waals surface area contributed by atoms with Crippen LogP contribution >= 0.6 is 0 Å². The minimum atomic E-state index is -3.01. The Morgan fingerprint density at radius 1 is 1.08 bits per heavy atom. The molecule has 2 amide bonds. The first-order valence-electron chi connectivity index (χ1n) is 18.3. The Morgan fingerprint density at radius 3 is 2.66 bits per heavy atom. The number of fused-ring (bicyclic) bond motifs is 5. The van der Waals surface area contributed by atoms with E-state index in [9.17, 15) is 9.59 Å². The number of pyridine rings is 1. The van der Waals surface area contributed by atoms with Gasteiger partial charge in [-0.15, -0.1) is 0 Å². The third kappa shape index (κ3) is 5.11. The molecule has 4 fully saturated rings. The van der Waals surface area contributed by atoms with E-state index in [-0.39, 0.29) is 48.3 Å². The van der Waals surface area contributed by atoms with Gasteiger partial charge in [0.1, 0.15) is 16.9 Å². The maximum absolute atomic E-state index is 16.0. The first-order valence-corrected chi connectivity index (χ1v) is 18.3. The van der Waals surface area contributed by atoms with E-state index in [2.05, 4.69) is 9.88 Å². The standard InChI is InChI=1S/C38H45F2N7O3/c1-20-28-11-7-22-15-30(46(33(22)43-28)19-38(39,40)12-4-5-24-17-37(24,2)36(49)42-20)34-44-29-14-23(16-31(50-3)32(29)47(34)25-9-10-25)35(48)45-18-27(41)21-6-8-26(45)13-21/h7,11,14-16,20-21,24-27H,4-6,8-10,12-13,17-19,41H2,1-3H3,(H,42,49)/t20-,21-,24-,26+,27+,37-/m1/s1. The van der Waals surface area contributed by atoms with Crippen molar-refractivity contribution in [2.45, 2.75) is 108 Å². The Bertz CT molecular complexity index is 2050. The fraction of sp³-hybridized carbons (Fsp3) is 0.579. The Hall–Kier alpha value is -4.06. The molecule has 1 saturated heterocycles. The van der Waals surface area contributed by atoms with Gasteiger partial charge in [0.15, 0.2) is 5.82 Å². The number of imidazole rings is 1. The van der Waals surface area contributed by atoms with Crippen LogP contribution in [-0.4, -0.2) is 67.5 Å². The smallest absolute Gasteiger partial charge is 0.265 e. The highest BCUT2D eigenvalue weighted by molar-refractivity contribution is 6.00. The van der Waals surface area contributed by atoms with Gasteiger partial charge in [-0.1, -0.05) is 6.92 Å². The highest BCUT2D eigenvalue weighted by Crippen LogP contribution is 2.55. The number of alkyl halides is 2. The molecule has 6 atom stereocenters.